The number of methoxy groups -OCH3 is 1. The minimum atomic E-state index is -1.06. The summed E-state index contributed by atoms with van der Waals surface area (Å²) in [4.78, 5) is 9.37. The van der Waals surface area contributed by atoms with Crippen molar-refractivity contribution in [3.63, 3.8) is 0 Å². The Balaban J connectivity index is 0. The third-order valence-electron chi connectivity index (χ3n) is 0.905. The molecule has 0 aliphatic carbocycles. The van der Waals surface area contributed by atoms with Crippen molar-refractivity contribution in [1.82, 2.24) is 0 Å². The van der Waals surface area contributed by atoms with Crippen LogP contribution in [-0.2, 0) is 18.3 Å². The Morgan fingerprint density at radius 1 is 1.07 bits per heavy atom. The summed E-state index contributed by atoms with van der Waals surface area (Å²) >= 11 is 0. The molecule has 0 rings (SSSR count). The fourth-order valence-corrected chi connectivity index (χ4v) is 1.28. The molecule has 0 saturated heterocycles. The zero-order chi connectivity index (χ0) is 12.1. The molecule has 0 heterocycles. The van der Waals surface area contributed by atoms with Crippen molar-refractivity contribution >= 4 is 22.3 Å². The third-order valence-corrected chi connectivity index (χ3v) is 2.31. The quantitative estimate of drug-likeness (QED) is 0.522. The number of hydrogen-bond donors (Lipinski definition) is 0. The van der Waals surface area contributed by atoms with Crippen LogP contribution in [-0.4, -0.2) is 40.6 Å². The largest absolute Gasteiger partial charge is 0.478 e. The fourth-order valence-electron chi connectivity index (χ4n) is 0.428. The van der Waals surface area contributed by atoms with Crippen LogP contribution < -0.4 is 0 Å². The summed E-state index contributed by atoms with van der Waals surface area (Å²) in [6.45, 7) is 7.71. The molecule has 0 saturated carbocycles. The molecule has 0 aromatic carbocycles. The minimum Gasteiger partial charge on any atom is -0.478 e. The highest BCUT2D eigenvalue weighted by Gasteiger charge is 2.07. The van der Waals surface area contributed by atoms with Gasteiger partial charge in [0.25, 0.3) is 0 Å². The normalized spacial score (nSPS) is 9.40. The van der Waals surface area contributed by atoms with Gasteiger partial charge in [-0.05, 0) is 20.8 Å². The lowest BCUT2D eigenvalue weighted by Gasteiger charge is -2.12. The van der Waals surface area contributed by atoms with Crippen molar-refractivity contribution in [2.24, 2.45) is 0 Å². The Labute approximate surface area is 93.8 Å². The Morgan fingerprint density at radius 2 is 1.33 bits per heavy atom. The van der Waals surface area contributed by atoms with E-state index in [-0.39, 0.29) is 0 Å². The first kappa shape index (κ1) is 17.2. The molecule has 0 aliphatic rings. The van der Waals surface area contributed by atoms with Crippen LogP contribution in [0.3, 0.4) is 0 Å². The van der Waals surface area contributed by atoms with E-state index >= 15 is 0 Å². The molecule has 0 aromatic rings. The Kier molecular flexibility index (Phi) is 15.9. The standard InChI is InChI=1S/C6H15O3P.C2H3BO2/c1-4-7-10(8-5-2)9-6-3;1-5-2(3)4/h4-6H2,1-3H3;1H3. The second-order valence-electron chi connectivity index (χ2n) is 2.00. The van der Waals surface area contributed by atoms with Crippen LogP contribution >= 0.6 is 8.60 Å². The maximum Gasteiger partial charge on any atom is 0.332 e. The molecular formula is C8H18BO5P. The van der Waals surface area contributed by atoms with E-state index in [2.05, 4.69) is 12.6 Å². The lowest BCUT2D eigenvalue weighted by atomic mass is 10.2. The van der Waals surface area contributed by atoms with Gasteiger partial charge in [-0.2, -0.15) is 0 Å². The van der Waals surface area contributed by atoms with Gasteiger partial charge in [-0.15, -0.1) is 0 Å². The van der Waals surface area contributed by atoms with Gasteiger partial charge in [0.2, 0.25) is 13.7 Å². The first-order valence-electron chi connectivity index (χ1n) is 4.64. The number of ether oxygens (including phenoxy) is 1. The molecule has 88 valence electrons. The maximum absolute atomic E-state index is 9.37. The Bertz CT molecular complexity index is 133. The van der Waals surface area contributed by atoms with E-state index in [0.717, 1.165) is 0 Å². The first-order valence-corrected chi connectivity index (χ1v) is 5.74. The SMILES string of the molecule is CCOP(OCC)OCC.[B]C(=O)OC. The molecule has 0 bridgehead atoms. The zero-order valence-corrected chi connectivity index (χ0v) is 10.6. The van der Waals surface area contributed by atoms with Crippen LogP contribution in [0.25, 0.3) is 0 Å². The van der Waals surface area contributed by atoms with Gasteiger partial charge in [0, 0.05) is 0 Å². The number of carbonyl (C=O) groups excluding carboxylic acids is 1. The smallest absolute Gasteiger partial charge is 0.332 e. The number of rotatable bonds is 6. The molecule has 0 spiro atoms. The highest BCUT2D eigenvalue weighted by atomic mass is 31.2. The van der Waals surface area contributed by atoms with Gasteiger partial charge in [0.05, 0.1) is 26.9 Å². The molecule has 0 fully saturated rings. The second-order valence-corrected chi connectivity index (χ2v) is 3.22. The van der Waals surface area contributed by atoms with Gasteiger partial charge >= 0.3 is 8.60 Å². The molecule has 5 nitrogen and oxygen atoms in total. The predicted octanol–water partition coefficient (Wildman–Crippen LogP) is 2.24. The molecule has 0 amide bonds. The summed E-state index contributed by atoms with van der Waals surface area (Å²) in [6, 6.07) is 0. The molecule has 15 heavy (non-hydrogen) atoms. The molecule has 0 aliphatic heterocycles. The van der Waals surface area contributed by atoms with E-state index in [9.17, 15) is 4.79 Å². The molecule has 2 radical (unpaired) electrons. The molecule has 0 N–H and O–H groups in total. The van der Waals surface area contributed by atoms with Crippen molar-refractivity contribution in [2.45, 2.75) is 20.8 Å². The average molecular weight is 236 g/mol. The van der Waals surface area contributed by atoms with E-state index in [0.29, 0.717) is 19.8 Å². The summed E-state index contributed by atoms with van der Waals surface area (Å²) in [7, 11) is 4.59. The van der Waals surface area contributed by atoms with E-state index in [1.54, 1.807) is 0 Å². The highest BCUT2D eigenvalue weighted by Crippen LogP contribution is 2.38. The van der Waals surface area contributed by atoms with Crippen molar-refractivity contribution in [2.75, 3.05) is 26.9 Å². The van der Waals surface area contributed by atoms with Crippen molar-refractivity contribution in [3.05, 3.63) is 0 Å². The van der Waals surface area contributed by atoms with Crippen molar-refractivity contribution in [3.8, 4) is 0 Å². The van der Waals surface area contributed by atoms with E-state index in [1.165, 1.54) is 7.11 Å². The van der Waals surface area contributed by atoms with Crippen LogP contribution in [0, 0.1) is 0 Å². The monoisotopic (exact) mass is 236 g/mol. The summed E-state index contributed by atoms with van der Waals surface area (Å²) in [5.41, 5.74) is 0. The van der Waals surface area contributed by atoms with E-state index in [1.807, 2.05) is 20.8 Å². The van der Waals surface area contributed by atoms with Gasteiger partial charge in [-0.1, -0.05) is 0 Å². The molecular weight excluding hydrogens is 218 g/mol. The lowest BCUT2D eigenvalue weighted by Crippen LogP contribution is -1.94. The highest BCUT2D eigenvalue weighted by molar-refractivity contribution is 7.41. The van der Waals surface area contributed by atoms with Crippen LogP contribution in [0.1, 0.15) is 20.8 Å². The Hall–Kier alpha value is -0.155. The van der Waals surface area contributed by atoms with Gasteiger partial charge in [0.1, 0.15) is 0 Å². The lowest BCUT2D eigenvalue weighted by molar-refractivity contribution is 0.176. The van der Waals surface area contributed by atoms with Crippen molar-refractivity contribution < 1.29 is 23.1 Å². The number of carbonyl (C=O) groups is 1. The Morgan fingerprint density at radius 3 is 1.47 bits per heavy atom. The molecule has 0 aromatic heterocycles. The zero-order valence-electron chi connectivity index (χ0n) is 9.69. The third kappa shape index (κ3) is 16.5. The van der Waals surface area contributed by atoms with Crippen LogP contribution in [0.4, 0.5) is 4.79 Å². The summed E-state index contributed by atoms with van der Waals surface area (Å²) in [5.74, 6) is -0.745. The molecule has 7 heteroatoms. The van der Waals surface area contributed by atoms with Gasteiger partial charge < -0.3 is 18.3 Å². The van der Waals surface area contributed by atoms with Crippen molar-refractivity contribution in [1.29, 1.82) is 0 Å². The summed E-state index contributed by atoms with van der Waals surface area (Å²) < 4.78 is 19.3. The number of hydrogen-bond acceptors (Lipinski definition) is 5. The molecule has 0 unspecified atom stereocenters. The summed E-state index contributed by atoms with van der Waals surface area (Å²) in [6.07, 6.45) is 0. The van der Waals surface area contributed by atoms with Crippen LogP contribution in [0.5, 0.6) is 0 Å². The minimum absolute atomic E-state index is 0.645. The molecule has 0 atom stereocenters. The average Bonchev–Trinajstić information content (AvgIpc) is 2.20. The van der Waals surface area contributed by atoms with E-state index in [4.69, 9.17) is 13.6 Å². The second kappa shape index (κ2) is 13.8. The van der Waals surface area contributed by atoms with E-state index < -0.39 is 14.5 Å². The maximum atomic E-state index is 9.37. The van der Waals surface area contributed by atoms with Gasteiger partial charge in [0.15, 0.2) is 0 Å². The van der Waals surface area contributed by atoms with Crippen LogP contribution in [0.2, 0.25) is 0 Å². The predicted molar refractivity (Wildman–Crippen MR) is 60.0 cm³/mol. The fraction of sp³-hybridized carbons (Fsp3) is 0.875. The van der Waals surface area contributed by atoms with Gasteiger partial charge in [-0.3, -0.25) is 4.79 Å². The van der Waals surface area contributed by atoms with Gasteiger partial charge in [-0.25, -0.2) is 0 Å². The first-order chi connectivity index (χ1) is 7.12. The topological polar surface area (TPSA) is 54.0 Å². The van der Waals surface area contributed by atoms with Crippen LogP contribution in [0.15, 0.2) is 0 Å². The summed E-state index contributed by atoms with van der Waals surface area (Å²) in [5, 5.41) is 0.